The monoisotopic (exact) mass is 919 g/mol. The molecule has 3 aliphatic rings. The zero-order chi connectivity index (χ0) is 42.4. The molecule has 0 aromatic heterocycles. The van der Waals surface area contributed by atoms with Crippen LogP contribution in [0.2, 0.25) is 0 Å². The van der Waals surface area contributed by atoms with Gasteiger partial charge in [-0.15, -0.1) is 0 Å². The molecule has 0 radical (unpaired) electrons. The zero-order valence-corrected chi connectivity index (χ0v) is 42.5. The van der Waals surface area contributed by atoms with Crippen molar-refractivity contribution < 1.29 is 16.4 Å². The number of aryl methyl sites for hydroxylation is 6. The average molecular weight is 922 g/mol. The van der Waals surface area contributed by atoms with Gasteiger partial charge in [0.1, 0.15) is 0 Å². The predicted molar refractivity (Wildman–Crippen MR) is 264 cm³/mol. The number of allylic oxidation sites excluding steroid dienone is 2. The van der Waals surface area contributed by atoms with Crippen LogP contribution in [0, 0.1) is 39.5 Å². The van der Waals surface area contributed by atoms with Crippen molar-refractivity contribution in [3.63, 3.8) is 0 Å². The Bertz CT molecular complexity index is 2640. The van der Waals surface area contributed by atoms with Crippen molar-refractivity contribution in [3.05, 3.63) is 170 Å². The van der Waals surface area contributed by atoms with Crippen molar-refractivity contribution in [2.45, 2.75) is 89.3 Å². The standard InChI is InChI=1S/2C22H25.C12H9Si.2ClH.Zr/c2*1-6-17-7-8-18-12-19(14(2)3)13-21(18)22(17)20-10-15(4)9-16(5)11-20;1-3-7-11-9(5-1)10-6-2-4-8-12(10)13-11;;;/h2*7-14H,6H2,1-5H3;1-7H,13H2;2*1H;/q;;;;;+2/p-2. The van der Waals surface area contributed by atoms with Crippen LogP contribution in [-0.4, -0.2) is 9.52 Å². The van der Waals surface area contributed by atoms with Crippen molar-refractivity contribution in [3.8, 4) is 33.4 Å². The summed E-state index contributed by atoms with van der Waals surface area (Å²) in [6.45, 7) is 23.0. The van der Waals surface area contributed by atoms with Crippen LogP contribution in [0.15, 0.2) is 114 Å². The van der Waals surface area contributed by atoms with Gasteiger partial charge in [0.05, 0.1) is 0 Å². The number of benzene rings is 6. The molecule has 0 fully saturated rings. The number of hydrogen-bond acceptors (Lipinski definition) is 0. The molecule has 6 aromatic carbocycles. The summed E-state index contributed by atoms with van der Waals surface area (Å²) in [6, 6.07) is 39.9. The summed E-state index contributed by atoms with van der Waals surface area (Å²) < 4.78 is 1.07. The number of fused-ring (bicyclic) bond motifs is 5. The molecule has 2 aliphatic carbocycles. The molecule has 305 valence electrons. The number of halogens is 2. The van der Waals surface area contributed by atoms with Gasteiger partial charge in [0.25, 0.3) is 0 Å². The maximum absolute atomic E-state index is 9.45. The summed E-state index contributed by atoms with van der Waals surface area (Å²) in [7, 11) is 18.0. The van der Waals surface area contributed by atoms with Crippen LogP contribution in [0.3, 0.4) is 0 Å². The van der Waals surface area contributed by atoms with Gasteiger partial charge in [0.2, 0.25) is 0 Å². The van der Waals surface area contributed by atoms with Gasteiger partial charge in [-0.3, -0.25) is 0 Å². The van der Waals surface area contributed by atoms with Crippen LogP contribution in [0.25, 0.3) is 45.5 Å². The van der Waals surface area contributed by atoms with Gasteiger partial charge in [0.15, 0.2) is 0 Å². The quantitative estimate of drug-likeness (QED) is 0.127. The number of hydrogen-bond donors (Lipinski definition) is 0. The van der Waals surface area contributed by atoms with Gasteiger partial charge in [-0.05, 0) is 0 Å². The molecule has 0 nitrogen and oxygen atoms in total. The topological polar surface area (TPSA) is 0 Å². The molecule has 2 unspecified atom stereocenters. The molecule has 0 saturated heterocycles. The van der Waals surface area contributed by atoms with Crippen LogP contribution in [0.4, 0.5) is 0 Å². The Labute approximate surface area is 370 Å². The zero-order valence-electron chi connectivity index (χ0n) is 37.2. The van der Waals surface area contributed by atoms with E-state index in [1.807, 2.05) is 0 Å². The summed E-state index contributed by atoms with van der Waals surface area (Å²) in [6.07, 6.45) is 7.02. The Morgan fingerprint density at radius 2 is 1.00 bits per heavy atom. The van der Waals surface area contributed by atoms with Gasteiger partial charge in [-0.25, -0.2) is 0 Å². The second-order valence-electron chi connectivity index (χ2n) is 18.9. The van der Waals surface area contributed by atoms with E-state index in [4.69, 9.17) is 0 Å². The van der Waals surface area contributed by atoms with E-state index in [1.165, 1.54) is 114 Å². The van der Waals surface area contributed by atoms with Crippen molar-refractivity contribution in [2.24, 2.45) is 11.8 Å². The third kappa shape index (κ3) is 6.45. The van der Waals surface area contributed by atoms with Crippen LogP contribution < -0.4 is 13.6 Å². The second-order valence-corrected chi connectivity index (χ2v) is 41.4. The van der Waals surface area contributed by atoms with E-state index >= 15 is 0 Å². The van der Waals surface area contributed by atoms with Gasteiger partial charge in [-0.1, -0.05) is 0 Å². The molecular formula is C56H59Cl2SiZr. The summed E-state index contributed by atoms with van der Waals surface area (Å²) >= 11 is -5.70. The van der Waals surface area contributed by atoms with Crippen LogP contribution >= 0.6 is 17.0 Å². The fourth-order valence-corrected chi connectivity index (χ4v) is 40.0. The van der Waals surface area contributed by atoms with E-state index in [-0.39, 0.29) is 19.1 Å². The maximum atomic E-state index is 9.45. The number of rotatable bonds is 9. The SMILES string of the molecule is CCc1ccc2c(c1-c1cc(C)cc(C)c1)C=C(C(C)C)[CH]2[Zr]([Cl])([Cl])([c]1cccc2c1[SiH2]c1ccccc1-2)[CH]1C(C(C)C)=Cc2c1ccc(CC)c2-c1cc(C)cc(C)c1. The minimum absolute atomic E-state index is 0.113. The Kier molecular flexibility index (Phi) is 10.7. The van der Waals surface area contributed by atoms with Crippen molar-refractivity contribution >= 4 is 52.3 Å². The summed E-state index contributed by atoms with van der Waals surface area (Å²) in [4.78, 5) is 0. The normalized spacial score (nSPS) is 17.7. The molecule has 1 heterocycles. The molecule has 4 heteroatoms. The van der Waals surface area contributed by atoms with Gasteiger partial charge < -0.3 is 0 Å². The van der Waals surface area contributed by atoms with E-state index in [2.05, 4.69) is 185 Å². The van der Waals surface area contributed by atoms with E-state index < -0.39 is 25.9 Å². The molecule has 0 spiro atoms. The third-order valence-electron chi connectivity index (χ3n) is 14.2. The first kappa shape index (κ1) is 41.8. The molecule has 0 saturated carbocycles. The van der Waals surface area contributed by atoms with Crippen LogP contribution in [0.5, 0.6) is 0 Å². The molecule has 0 bridgehead atoms. The minimum atomic E-state index is -5.70. The molecule has 0 N–H and O–H groups in total. The fourth-order valence-electron chi connectivity index (χ4n) is 11.8. The molecule has 0 amide bonds. The van der Waals surface area contributed by atoms with E-state index in [1.54, 1.807) is 0 Å². The molecule has 9 rings (SSSR count). The Morgan fingerprint density at radius 1 is 0.550 bits per heavy atom. The van der Waals surface area contributed by atoms with E-state index in [9.17, 15) is 17.0 Å². The van der Waals surface area contributed by atoms with Crippen molar-refractivity contribution in [1.29, 1.82) is 0 Å². The Morgan fingerprint density at radius 3 is 1.45 bits per heavy atom. The molecule has 60 heavy (non-hydrogen) atoms. The molecule has 1 aliphatic heterocycles. The summed E-state index contributed by atoms with van der Waals surface area (Å²) in [5.41, 5.74) is 24.0. The summed E-state index contributed by atoms with van der Waals surface area (Å²) in [5, 5.41) is 2.97. The van der Waals surface area contributed by atoms with Gasteiger partial charge in [-0.2, -0.15) is 0 Å². The molecular weight excluding hydrogens is 863 g/mol. The van der Waals surface area contributed by atoms with E-state index in [0.717, 1.165) is 12.8 Å². The first-order valence-electron chi connectivity index (χ1n) is 22.3. The first-order chi connectivity index (χ1) is 28.6. The van der Waals surface area contributed by atoms with Crippen LogP contribution in [-0.2, 0) is 29.2 Å². The van der Waals surface area contributed by atoms with Crippen molar-refractivity contribution in [2.75, 3.05) is 0 Å². The van der Waals surface area contributed by atoms with Crippen LogP contribution in [0.1, 0.15) is 104 Å². The average Bonchev–Trinajstić information content (AvgIpc) is 3.92. The fraction of sp³-hybridized carbons (Fsp3) is 0.286. The Balaban J connectivity index is 1.41. The predicted octanol–water partition coefficient (Wildman–Crippen LogP) is 13.7. The summed E-state index contributed by atoms with van der Waals surface area (Å²) in [5.74, 6) is 0.494. The second kappa shape index (κ2) is 15.4. The van der Waals surface area contributed by atoms with Crippen molar-refractivity contribution in [1.82, 2.24) is 0 Å². The first-order valence-corrected chi connectivity index (χ1v) is 34.1. The third-order valence-corrected chi connectivity index (χ3v) is 36.8. The van der Waals surface area contributed by atoms with E-state index in [0.29, 0.717) is 0 Å². The molecule has 2 atom stereocenters. The van der Waals surface area contributed by atoms with Gasteiger partial charge >= 0.3 is 373 Å². The van der Waals surface area contributed by atoms with Gasteiger partial charge in [0, 0.05) is 0 Å². The Hall–Kier alpha value is -3.52. The molecule has 6 aromatic rings.